The fraction of sp³-hybridized carbons (Fsp3) is 0.650. The average molecular weight is 377 g/mol. The first kappa shape index (κ1) is 23.3. The molecule has 0 unspecified atom stereocenters. The third-order valence-electron chi connectivity index (χ3n) is 4.20. The molecule has 27 heavy (non-hydrogen) atoms. The normalized spacial score (nSPS) is 12.4. The van der Waals surface area contributed by atoms with Crippen LogP contribution in [0, 0.1) is 0 Å². The first-order valence-electron chi connectivity index (χ1n) is 9.34. The van der Waals surface area contributed by atoms with Crippen LogP contribution in [0.5, 0.6) is 0 Å². The van der Waals surface area contributed by atoms with E-state index >= 15 is 0 Å². The van der Waals surface area contributed by atoms with Gasteiger partial charge in [0.2, 0.25) is 0 Å². The predicted molar refractivity (Wildman–Crippen MR) is 111 cm³/mol. The number of hydrogen-bond acceptors (Lipinski definition) is 5. The Morgan fingerprint density at radius 2 is 1.78 bits per heavy atom. The monoisotopic (exact) mass is 377 g/mol. The molecule has 0 fully saturated rings. The van der Waals surface area contributed by atoms with E-state index in [0.29, 0.717) is 6.54 Å². The van der Waals surface area contributed by atoms with Crippen LogP contribution in [0.2, 0.25) is 0 Å². The van der Waals surface area contributed by atoms with Crippen LogP contribution in [0.3, 0.4) is 0 Å². The lowest BCUT2D eigenvalue weighted by molar-refractivity contribution is -0.0893. The van der Waals surface area contributed by atoms with Crippen LogP contribution < -0.4 is 16.1 Å². The predicted octanol–water partition coefficient (Wildman–Crippen LogP) is 2.82. The summed E-state index contributed by atoms with van der Waals surface area (Å²) in [5.41, 5.74) is -0.277. The first-order chi connectivity index (χ1) is 12.3. The summed E-state index contributed by atoms with van der Waals surface area (Å²) in [5.74, 6) is 0. The summed E-state index contributed by atoms with van der Waals surface area (Å²) in [4.78, 5) is 11.6. The molecule has 0 saturated heterocycles. The molecule has 1 aromatic carbocycles. The van der Waals surface area contributed by atoms with Gasteiger partial charge in [0.1, 0.15) is 5.60 Å². The van der Waals surface area contributed by atoms with Gasteiger partial charge in [-0.15, -0.1) is 0 Å². The Bertz CT molecular complexity index is 607. The fourth-order valence-electron chi connectivity index (χ4n) is 1.91. The average Bonchev–Trinajstić information content (AvgIpc) is 2.50. The highest BCUT2D eigenvalue weighted by Gasteiger charge is 2.35. The minimum absolute atomic E-state index is 0.398. The minimum Gasteiger partial charge on any atom is -0.444 e. The van der Waals surface area contributed by atoms with Crippen molar-refractivity contribution in [3.05, 3.63) is 24.3 Å². The lowest BCUT2D eigenvalue weighted by atomic mass is 9.82. The van der Waals surface area contributed by atoms with E-state index in [2.05, 4.69) is 10.6 Å². The van der Waals surface area contributed by atoms with Crippen molar-refractivity contribution in [2.75, 3.05) is 18.4 Å². The van der Waals surface area contributed by atoms with Gasteiger partial charge in [0, 0.05) is 18.8 Å². The van der Waals surface area contributed by atoms with Crippen molar-refractivity contribution in [1.82, 2.24) is 5.32 Å². The molecule has 0 aliphatic heterocycles. The Kier molecular flexibility index (Phi) is 8.17. The number of nitrogens with one attached hydrogen (secondary N) is 2. The molecule has 0 aromatic heterocycles. The molecular formula is C20H34BN2O4. The van der Waals surface area contributed by atoms with E-state index in [-0.39, 0.29) is 0 Å². The molecular weight excluding hydrogens is 343 g/mol. The second kappa shape index (κ2) is 9.46. The Balaban J connectivity index is 2.37. The number of hydrogen-bond donors (Lipinski definition) is 3. The standard InChI is InChI=1S/C20H34BN2O4/c1-18(2,3)26-17(24)23-13-9-12-22-16-11-8-10-15(14-16)21-27-20(6,7)19(4,5)25/h8,10-11,14,22,25H,9,12-13H2,1-7H3,(H,23,24). The number of aliphatic hydroxyl groups is 1. The summed E-state index contributed by atoms with van der Waals surface area (Å²) in [7, 11) is 1.66. The number of anilines is 1. The molecule has 0 spiro atoms. The number of amides is 1. The van der Waals surface area contributed by atoms with E-state index in [1.807, 2.05) is 58.9 Å². The molecule has 1 aromatic rings. The van der Waals surface area contributed by atoms with E-state index < -0.39 is 22.9 Å². The summed E-state index contributed by atoms with van der Waals surface area (Å²) in [6, 6.07) is 7.82. The number of alkyl carbamates (subject to hydrolysis) is 1. The van der Waals surface area contributed by atoms with E-state index in [4.69, 9.17) is 9.39 Å². The van der Waals surface area contributed by atoms with Gasteiger partial charge in [0.25, 0.3) is 0 Å². The van der Waals surface area contributed by atoms with Crippen LogP contribution >= 0.6 is 0 Å². The quantitative estimate of drug-likeness (QED) is 0.456. The molecule has 151 valence electrons. The highest BCUT2D eigenvalue weighted by Crippen LogP contribution is 2.24. The Hall–Kier alpha value is -1.73. The molecule has 1 radical (unpaired) electrons. The van der Waals surface area contributed by atoms with Gasteiger partial charge in [-0.05, 0) is 67.0 Å². The molecule has 6 nitrogen and oxygen atoms in total. The molecule has 0 bridgehead atoms. The maximum atomic E-state index is 11.6. The van der Waals surface area contributed by atoms with Crippen molar-refractivity contribution in [3.63, 3.8) is 0 Å². The van der Waals surface area contributed by atoms with Crippen molar-refractivity contribution in [1.29, 1.82) is 0 Å². The van der Waals surface area contributed by atoms with E-state index in [1.165, 1.54) is 0 Å². The molecule has 0 aliphatic rings. The van der Waals surface area contributed by atoms with Crippen LogP contribution in [0.4, 0.5) is 10.5 Å². The van der Waals surface area contributed by atoms with Gasteiger partial charge in [-0.25, -0.2) is 4.79 Å². The number of carbonyl (C=O) groups is 1. The highest BCUT2D eigenvalue weighted by atomic mass is 16.6. The van der Waals surface area contributed by atoms with Crippen molar-refractivity contribution in [2.45, 2.75) is 71.7 Å². The van der Waals surface area contributed by atoms with E-state index in [9.17, 15) is 9.90 Å². The lowest BCUT2D eigenvalue weighted by Crippen LogP contribution is -2.49. The summed E-state index contributed by atoms with van der Waals surface area (Å²) >= 11 is 0. The minimum atomic E-state index is -0.958. The molecule has 1 amide bonds. The molecule has 0 aliphatic carbocycles. The highest BCUT2D eigenvalue weighted by molar-refractivity contribution is 6.47. The zero-order valence-electron chi connectivity index (χ0n) is 17.7. The van der Waals surface area contributed by atoms with Crippen molar-refractivity contribution in [2.24, 2.45) is 0 Å². The second-order valence-electron chi connectivity index (χ2n) is 8.64. The van der Waals surface area contributed by atoms with Crippen LogP contribution in [-0.2, 0) is 9.39 Å². The number of ether oxygens (including phenoxy) is 1. The molecule has 1 rings (SSSR count). The molecule has 0 atom stereocenters. The SMILES string of the molecule is CC(C)(C)OC(=O)NCCCNc1cccc([B]OC(C)(C)C(C)(C)O)c1. The number of benzene rings is 1. The van der Waals surface area contributed by atoms with Gasteiger partial charge >= 0.3 is 13.6 Å². The second-order valence-corrected chi connectivity index (χ2v) is 8.64. The van der Waals surface area contributed by atoms with Crippen LogP contribution in [-0.4, -0.2) is 48.6 Å². The smallest absolute Gasteiger partial charge is 0.407 e. The first-order valence-corrected chi connectivity index (χ1v) is 9.34. The Morgan fingerprint density at radius 3 is 2.37 bits per heavy atom. The Labute approximate surface area is 164 Å². The van der Waals surface area contributed by atoms with Crippen LogP contribution in [0.1, 0.15) is 54.9 Å². The van der Waals surface area contributed by atoms with Gasteiger partial charge < -0.3 is 25.1 Å². The van der Waals surface area contributed by atoms with Gasteiger partial charge in [0.15, 0.2) is 0 Å². The molecule has 0 heterocycles. The van der Waals surface area contributed by atoms with Crippen LogP contribution in [0.15, 0.2) is 24.3 Å². The largest absolute Gasteiger partial charge is 0.444 e. The van der Waals surface area contributed by atoms with Gasteiger partial charge in [-0.2, -0.15) is 0 Å². The van der Waals surface area contributed by atoms with Crippen molar-refractivity contribution >= 4 is 24.7 Å². The van der Waals surface area contributed by atoms with Crippen molar-refractivity contribution < 1.29 is 19.3 Å². The summed E-state index contributed by atoms with van der Waals surface area (Å²) in [6.07, 6.45) is 0.376. The molecule has 0 saturated carbocycles. The summed E-state index contributed by atoms with van der Waals surface area (Å²) in [5, 5.41) is 16.2. The topological polar surface area (TPSA) is 79.8 Å². The fourth-order valence-corrected chi connectivity index (χ4v) is 1.91. The lowest BCUT2D eigenvalue weighted by Gasteiger charge is -2.37. The third kappa shape index (κ3) is 9.15. The van der Waals surface area contributed by atoms with E-state index in [1.54, 1.807) is 21.3 Å². The van der Waals surface area contributed by atoms with Crippen molar-refractivity contribution in [3.8, 4) is 0 Å². The third-order valence-corrected chi connectivity index (χ3v) is 4.20. The van der Waals surface area contributed by atoms with Gasteiger partial charge in [-0.3, -0.25) is 0 Å². The Morgan fingerprint density at radius 1 is 1.11 bits per heavy atom. The zero-order chi connectivity index (χ0) is 20.7. The van der Waals surface area contributed by atoms with Gasteiger partial charge in [0.05, 0.1) is 11.2 Å². The zero-order valence-corrected chi connectivity index (χ0v) is 17.7. The van der Waals surface area contributed by atoms with Crippen LogP contribution in [0.25, 0.3) is 0 Å². The maximum Gasteiger partial charge on any atom is 0.407 e. The number of carbonyl (C=O) groups excluding carboxylic acids is 1. The maximum absolute atomic E-state index is 11.6. The van der Waals surface area contributed by atoms with Gasteiger partial charge in [-0.1, -0.05) is 17.6 Å². The summed E-state index contributed by atoms with van der Waals surface area (Å²) < 4.78 is 11.0. The number of rotatable bonds is 9. The molecule has 7 heteroatoms. The molecule has 3 N–H and O–H groups in total. The summed E-state index contributed by atoms with van der Waals surface area (Å²) in [6.45, 7) is 13.9. The van der Waals surface area contributed by atoms with E-state index in [0.717, 1.165) is 24.1 Å².